The molecule has 1 saturated heterocycles. The van der Waals surface area contributed by atoms with E-state index in [1.807, 2.05) is 43.3 Å². The maximum absolute atomic E-state index is 8.94. The number of aliphatic hydroxyl groups excluding tert-OH is 1. The van der Waals surface area contributed by atoms with Gasteiger partial charge in [0.2, 0.25) is 0 Å². The highest BCUT2D eigenvalue weighted by Crippen LogP contribution is 2.31. The van der Waals surface area contributed by atoms with Gasteiger partial charge in [-0.3, -0.25) is 0 Å². The van der Waals surface area contributed by atoms with Gasteiger partial charge in [-0.05, 0) is 42.8 Å². The lowest BCUT2D eigenvalue weighted by molar-refractivity contribution is 0.122. The molecule has 28 heavy (non-hydrogen) atoms. The van der Waals surface area contributed by atoms with E-state index in [9.17, 15) is 0 Å². The van der Waals surface area contributed by atoms with Gasteiger partial charge in [-0.25, -0.2) is 0 Å². The van der Waals surface area contributed by atoms with E-state index >= 15 is 0 Å². The van der Waals surface area contributed by atoms with Gasteiger partial charge in [-0.1, -0.05) is 17.7 Å². The van der Waals surface area contributed by atoms with Crippen LogP contribution in [0.4, 0.5) is 11.4 Å². The number of rotatable bonds is 9. The number of ether oxygens (including phenoxy) is 3. The molecule has 1 fully saturated rings. The molecule has 0 radical (unpaired) electrons. The molecule has 0 aliphatic carbocycles. The molecule has 0 aromatic heterocycles. The summed E-state index contributed by atoms with van der Waals surface area (Å²) in [6.45, 7) is 6.50. The fraction of sp³-hybridized carbons (Fsp3) is 0.429. The molecule has 0 saturated carbocycles. The highest BCUT2D eigenvalue weighted by Gasteiger charge is 2.14. The number of nitrogens with one attached hydrogen (secondary N) is 1. The first-order valence-electron chi connectivity index (χ1n) is 9.56. The second-order valence-electron chi connectivity index (χ2n) is 6.41. The minimum Gasteiger partial charge on any atom is -0.490 e. The Bertz CT molecular complexity index is 766. The third-order valence-corrected chi connectivity index (χ3v) is 4.76. The van der Waals surface area contributed by atoms with E-state index in [0.717, 1.165) is 48.3 Å². The van der Waals surface area contributed by atoms with Crippen molar-refractivity contribution in [3.05, 3.63) is 47.0 Å². The predicted molar refractivity (Wildman–Crippen MR) is 112 cm³/mol. The molecular weight excluding hydrogens is 380 g/mol. The quantitative estimate of drug-likeness (QED) is 0.664. The first-order valence-corrected chi connectivity index (χ1v) is 9.94. The summed E-state index contributed by atoms with van der Waals surface area (Å²) >= 11 is 6.50. The third kappa shape index (κ3) is 5.44. The van der Waals surface area contributed by atoms with Crippen molar-refractivity contribution >= 4 is 23.0 Å². The second-order valence-corrected chi connectivity index (χ2v) is 6.81. The number of aliphatic hydroxyl groups is 1. The highest BCUT2D eigenvalue weighted by molar-refractivity contribution is 6.33. The van der Waals surface area contributed by atoms with Gasteiger partial charge in [0.25, 0.3) is 0 Å². The Morgan fingerprint density at radius 1 is 1.11 bits per heavy atom. The number of hydrogen-bond donors (Lipinski definition) is 2. The van der Waals surface area contributed by atoms with Crippen molar-refractivity contribution in [1.82, 2.24) is 0 Å². The summed E-state index contributed by atoms with van der Waals surface area (Å²) in [7, 11) is 0. The molecule has 2 N–H and O–H groups in total. The molecule has 0 atom stereocenters. The van der Waals surface area contributed by atoms with Crippen LogP contribution in [0.3, 0.4) is 0 Å². The molecule has 0 spiro atoms. The fourth-order valence-corrected chi connectivity index (χ4v) is 3.39. The van der Waals surface area contributed by atoms with Crippen molar-refractivity contribution in [1.29, 1.82) is 0 Å². The summed E-state index contributed by atoms with van der Waals surface area (Å²) in [6, 6.07) is 11.8. The van der Waals surface area contributed by atoms with Crippen LogP contribution in [0, 0.1) is 0 Å². The average Bonchev–Trinajstić information content (AvgIpc) is 2.72. The predicted octanol–water partition coefficient (Wildman–Crippen LogP) is 3.56. The second kappa shape index (κ2) is 10.4. The van der Waals surface area contributed by atoms with Gasteiger partial charge in [0.15, 0.2) is 11.5 Å². The molecule has 2 aromatic carbocycles. The van der Waals surface area contributed by atoms with Gasteiger partial charge in [-0.2, -0.15) is 0 Å². The SMILES string of the molecule is CCOc1cc(CNc2ccc(N3CCOCC3)c(Cl)c2)ccc1OCCO. The number of anilines is 2. The molecule has 3 rings (SSSR count). The number of morpholine rings is 1. The first kappa shape index (κ1) is 20.6. The number of halogens is 1. The van der Waals surface area contributed by atoms with Crippen LogP contribution < -0.4 is 19.7 Å². The smallest absolute Gasteiger partial charge is 0.161 e. The molecular formula is C21H27ClN2O4. The zero-order valence-corrected chi connectivity index (χ0v) is 16.9. The van der Waals surface area contributed by atoms with Crippen molar-refractivity contribution in [2.24, 2.45) is 0 Å². The summed E-state index contributed by atoms with van der Waals surface area (Å²) in [5, 5.41) is 13.1. The van der Waals surface area contributed by atoms with Crippen LogP contribution in [-0.4, -0.2) is 51.2 Å². The van der Waals surface area contributed by atoms with Crippen molar-refractivity contribution < 1.29 is 19.3 Å². The highest BCUT2D eigenvalue weighted by atomic mass is 35.5. The zero-order chi connectivity index (χ0) is 19.8. The maximum atomic E-state index is 8.94. The number of benzene rings is 2. The Hall–Kier alpha value is -2.15. The summed E-state index contributed by atoms with van der Waals surface area (Å²) in [4.78, 5) is 2.25. The van der Waals surface area contributed by atoms with Gasteiger partial charge < -0.3 is 29.5 Å². The molecule has 6 nitrogen and oxygen atoms in total. The molecule has 0 bridgehead atoms. The topological polar surface area (TPSA) is 63.2 Å². The minimum absolute atomic E-state index is 0.0317. The Morgan fingerprint density at radius 2 is 1.93 bits per heavy atom. The molecule has 0 unspecified atom stereocenters. The molecule has 152 valence electrons. The van der Waals surface area contributed by atoms with Gasteiger partial charge >= 0.3 is 0 Å². The molecule has 1 aliphatic heterocycles. The van der Waals surface area contributed by atoms with Crippen LogP contribution in [0.25, 0.3) is 0 Å². The van der Waals surface area contributed by atoms with Crippen molar-refractivity contribution in [3.8, 4) is 11.5 Å². The fourth-order valence-electron chi connectivity index (χ4n) is 3.09. The van der Waals surface area contributed by atoms with E-state index in [-0.39, 0.29) is 13.2 Å². The average molecular weight is 407 g/mol. The van der Waals surface area contributed by atoms with Crippen LogP contribution in [0.1, 0.15) is 12.5 Å². The van der Waals surface area contributed by atoms with E-state index in [0.29, 0.717) is 24.7 Å². The van der Waals surface area contributed by atoms with Crippen LogP contribution in [0.2, 0.25) is 5.02 Å². The maximum Gasteiger partial charge on any atom is 0.161 e. The van der Waals surface area contributed by atoms with Crippen molar-refractivity contribution in [2.75, 3.05) is 56.3 Å². The molecule has 1 aliphatic rings. The van der Waals surface area contributed by atoms with E-state index < -0.39 is 0 Å². The zero-order valence-electron chi connectivity index (χ0n) is 16.1. The Balaban J connectivity index is 1.64. The van der Waals surface area contributed by atoms with Crippen LogP contribution >= 0.6 is 11.6 Å². The number of hydrogen-bond acceptors (Lipinski definition) is 6. The van der Waals surface area contributed by atoms with Crippen molar-refractivity contribution in [3.63, 3.8) is 0 Å². The summed E-state index contributed by atoms with van der Waals surface area (Å²) in [6.07, 6.45) is 0. The lowest BCUT2D eigenvalue weighted by Gasteiger charge is -2.29. The van der Waals surface area contributed by atoms with E-state index in [4.69, 9.17) is 30.9 Å². The van der Waals surface area contributed by atoms with Gasteiger partial charge in [0, 0.05) is 25.3 Å². The first-order chi connectivity index (χ1) is 13.7. The molecule has 2 aromatic rings. The van der Waals surface area contributed by atoms with E-state index in [1.54, 1.807) is 0 Å². The Labute approximate surface area is 171 Å². The van der Waals surface area contributed by atoms with E-state index in [1.165, 1.54) is 0 Å². The largest absolute Gasteiger partial charge is 0.490 e. The number of nitrogens with zero attached hydrogens (tertiary/aromatic N) is 1. The van der Waals surface area contributed by atoms with E-state index in [2.05, 4.69) is 10.2 Å². The third-order valence-electron chi connectivity index (χ3n) is 4.45. The van der Waals surface area contributed by atoms with Gasteiger partial charge in [0.05, 0.1) is 37.1 Å². The Morgan fingerprint density at radius 3 is 2.64 bits per heavy atom. The standard InChI is InChI=1S/C21H27ClN2O4/c1-2-27-21-13-16(3-6-20(21)28-12-9-25)15-23-17-4-5-19(18(22)14-17)24-7-10-26-11-8-24/h3-6,13-14,23,25H,2,7-12,15H2,1H3. The Kier molecular flexibility index (Phi) is 7.65. The summed E-state index contributed by atoms with van der Waals surface area (Å²) in [5.74, 6) is 1.31. The minimum atomic E-state index is -0.0317. The summed E-state index contributed by atoms with van der Waals surface area (Å²) in [5.41, 5.74) is 3.06. The van der Waals surface area contributed by atoms with Crippen molar-refractivity contribution in [2.45, 2.75) is 13.5 Å². The van der Waals surface area contributed by atoms with Crippen LogP contribution in [0.5, 0.6) is 11.5 Å². The van der Waals surface area contributed by atoms with Gasteiger partial charge in [-0.15, -0.1) is 0 Å². The monoisotopic (exact) mass is 406 g/mol. The lowest BCUT2D eigenvalue weighted by Crippen LogP contribution is -2.36. The van der Waals surface area contributed by atoms with Gasteiger partial charge in [0.1, 0.15) is 6.61 Å². The van der Waals surface area contributed by atoms with Crippen LogP contribution in [-0.2, 0) is 11.3 Å². The molecule has 7 heteroatoms. The molecule has 0 amide bonds. The molecule has 1 heterocycles. The normalized spacial score (nSPS) is 14.0. The summed E-state index contributed by atoms with van der Waals surface area (Å²) < 4.78 is 16.6. The lowest BCUT2D eigenvalue weighted by atomic mass is 10.2. The van der Waals surface area contributed by atoms with Crippen LogP contribution in [0.15, 0.2) is 36.4 Å².